The fraction of sp³-hybridized carbons (Fsp3) is 0.625. The zero-order chi connectivity index (χ0) is 14.6. The van der Waals surface area contributed by atoms with Crippen molar-refractivity contribution in [1.82, 2.24) is 5.32 Å². The van der Waals surface area contributed by atoms with Gasteiger partial charge in [-0.05, 0) is 37.5 Å². The summed E-state index contributed by atoms with van der Waals surface area (Å²) in [6.45, 7) is 4.40. The van der Waals surface area contributed by atoms with E-state index in [4.69, 9.17) is 0 Å². The van der Waals surface area contributed by atoms with Crippen molar-refractivity contribution >= 4 is 11.8 Å². The van der Waals surface area contributed by atoms with Gasteiger partial charge in [-0.2, -0.15) is 0 Å². The minimum atomic E-state index is -0.181. The highest BCUT2D eigenvalue weighted by atomic mass is 32.2. The molecule has 112 valence electrons. The van der Waals surface area contributed by atoms with Gasteiger partial charge in [0.1, 0.15) is 5.82 Å². The van der Waals surface area contributed by atoms with Crippen molar-refractivity contribution in [3.05, 3.63) is 30.1 Å². The molecule has 2 atom stereocenters. The van der Waals surface area contributed by atoms with E-state index in [0.29, 0.717) is 11.3 Å². The van der Waals surface area contributed by atoms with E-state index < -0.39 is 0 Å². The quantitative estimate of drug-likeness (QED) is 0.871. The molecule has 2 rings (SSSR count). The Morgan fingerprint density at radius 1 is 1.50 bits per heavy atom. The van der Waals surface area contributed by atoms with E-state index in [1.54, 1.807) is 23.9 Å². The Bertz CT molecular complexity index is 440. The lowest BCUT2D eigenvalue weighted by molar-refractivity contribution is 0.115. The molecule has 0 radical (unpaired) electrons. The SMILES string of the molecule is CC(C)NC1(CO)CCCC(Sc2cccc(F)c2)C1. The Labute approximate surface area is 125 Å². The number of nitrogens with one attached hydrogen (secondary N) is 1. The molecule has 2 nitrogen and oxygen atoms in total. The molecule has 1 aliphatic rings. The van der Waals surface area contributed by atoms with Crippen molar-refractivity contribution in [2.45, 2.75) is 61.3 Å². The number of thioether (sulfide) groups is 1. The molecule has 0 aliphatic heterocycles. The normalized spacial score (nSPS) is 26.9. The molecule has 0 bridgehead atoms. The third kappa shape index (κ3) is 4.21. The topological polar surface area (TPSA) is 32.3 Å². The predicted molar refractivity (Wildman–Crippen MR) is 82.6 cm³/mol. The Hall–Kier alpha value is -0.580. The molecular formula is C16H24FNOS. The molecule has 4 heteroatoms. The van der Waals surface area contributed by atoms with Crippen LogP contribution in [0.2, 0.25) is 0 Å². The lowest BCUT2D eigenvalue weighted by atomic mass is 9.81. The standard InChI is InChI=1S/C16H24FNOS/c1-12(2)18-16(11-19)8-4-7-15(10-16)20-14-6-3-5-13(17)9-14/h3,5-6,9,12,15,18-19H,4,7-8,10-11H2,1-2H3. The average Bonchev–Trinajstić information content (AvgIpc) is 2.38. The summed E-state index contributed by atoms with van der Waals surface area (Å²) in [5.74, 6) is -0.181. The van der Waals surface area contributed by atoms with Crippen molar-refractivity contribution in [3.63, 3.8) is 0 Å². The van der Waals surface area contributed by atoms with E-state index in [9.17, 15) is 9.50 Å². The van der Waals surface area contributed by atoms with Gasteiger partial charge >= 0.3 is 0 Å². The largest absolute Gasteiger partial charge is 0.394 e. The minimum Gasteiger partial charge on any atom is -0.394 e. The molecule has 0 amide bonds. The summed E-state index contributed by atoms with van der Waals surface area (Å²) in [5, 5.41) is 13.8. The molecular weight excluding hydrogens is 273 g/mol. The van der Waals surface area contributed by atoms with Gasteiger partial charge in [-0.1, -0.05) is 26.3 Å². The summed E-state index contributed by atoms with van der Waals surface area (Å²) >= 11 is 1.73. The fourth-order valence-corrected chi connectivity index (χ4v) is 4.48. The molecule has 1 aromatic carbocycles. The zero-order valence-electron chi connectivity index (χ0n) is 12.2. The van der Waals surface area contributed by atoms with Crippen LogP contribution >= 0.6 is 11.8 Å². The summed E-state index contributed by atoms with van der Waals surface area (Å²) in [7, 11) is 0. The molecule has 1 saturated carbocycles. The molecule has 1 aliphatic carbocycles. The maximum Gasteiger partial charge on any atom is 0.124 e. The summed E-state index contributed by atoms with van der Waals surface area (Å²) < 4.78 is 13.2. The van der Waals surface area contributed by atoms with Crippen molar-refractivity contribution in [2.75, 3.05) is 6.61 Å². The average molecular weight is 297 g/mol. The van der Waals surface area contributed by atoms with Gasteiger partial charge in [0.25, 0.3) is 0 Å². The number of hydrogen-bond donors (Lipinski definition) is 2. The third-order valence-electron chi connectivity index (χ3n) is 3.80. The van der Waals surface area contributed by atoms with Gasteiger partial charge in [-0.15, -0.1) is 11.8 Å². The molecule has 0 aromatic heterocycles. The first-order valence-electron chi connectivity index (χ1n) is 7.34. The van der Waals surface area contributed by atoms with Crippen LogP contribution in [0, 0.1) is 5.82 Å². The minimum absolute atomic E-state index is 0.169. The first-order chi connectivity index (χ1) is 9.53. The summed E-state index contributed by atoms with van der Waals surface area (Å²) in [4.78, 5) is 0.980. The summed E-state index contributed by atoms with van der Waals surface area (Å²) in [6.07, 6.45) is 4.18. The fourth-order valence-electron chi connectivity index (χ4n) is 3.07. The van der Waals surface area contributed by atoms with Crippen LogP contribution in [-0.2, 0) is 0 Å². The number of aliphatic hydroxyl groups is 1. The van der Waals surface area contributed by atoms with Crippen LogP contribution in [0.25, 0.3) is 0 Å². The van der Waals surface area contributed by atoms with Crippen LogP contribution in [0.3, 0.4) is 0 Å². The molecule has 0 saturated heterocycles. The van der Waals surface area contributed by atoms with Gasteiger partial charge < -0.3 is 10.4 Å². The second-order valence-electron chi connectivity index (χ2n) is 6.03. The Morgan fingerprint density at radius 2 is 2.30 bits per heavy atom. The number of hydrogen-bond acceptors (Lipinski definition) is 3. The number of aliphatic hydroxyl groups excluding tert-OH is 1. The van der Waals surface area contributed by atoms with Gasteiger partial charge in [-0.25, -0.2) is 4.39 Å². The van der Waals surface area contributed by atoms with Gasteiger partial charge in [0.05, 0.1) is 6.61 Å². The van der Waals surface area contributed by atoms with E-state index in [1.807, 2.05) is 6.07 Å². The van der Waals surface area contributed by atoms with Crippen LogP contribution in [-0.4, -0.2) is 28.5 Å². The first-order valence-corrected chi connectivity index (χ1v) is 8.22. The molecule has 1 aromatic rings. The van der Waals surface area contributed by atoms with E-state index in [-0.39, 0.29) is 18.0 Å². The molecule has 1 fully saturated rings. The van der Waals surface area contributed by atoms with E-state index in [1.165, 1.54) is 6.07 Å². The van der Waals surface area contributed by atoms with Gasteiger partial charge in [0, 0.05) is 21.7 Å². The Morgan fingerprint density at radius 3 is 2.95 bits per heavy atom. The number of halogens is 1. The number of rotatable bonds is 5. The van der Waals surface area contributed by atoms with E-state index >= 15 is 0 Å². The monoisotopic (exact) mass is 297 g/mol. The van der Waals surface area contributed by atoms with Crippen molar-refractivity contribution in [2.24, 2.45) is 0 Å². The van der Waals surface area contributed by atoms with E-state index in [2.05, 4.69) is 19.2 Å². The van der Waals surface area contributed by atoms with Crippen LogP contribution < -0.4 is 5.32 Å². The van der Waals surface area contributed by atoms with Crippen LogP contribution in [0.15, 0.2) is 29.2 Å². The van der Waals surface area contributed by atoms with Crippen molar-refractivity contribution < 1.29 is 9.50 Å². The van der Waals surface area contributed by atoms with Crippen LogP contribution in [0.4, 0.5) is 4.39 Å². The smallest absolute Gasteiger partial charge is 0.124 e. The molecule has 0 heterocycles. The summed E-state index contributed by atoms with van der Waals surface area (Å²) in [6, 6.07) is 7.14. The highest BCUT2D eigenvalue weighted by Gasteiger charge is 2.36. The molecule has 2 unspecified atom stereocenters. The molecule has 2 N–H and O–H groups in total. The van der Waals surface area contributed by atoms with Gasteiger partial charge in [0.15, 0.2) is 0 Å². The summed E-state index contributed by atoms with van der Waals surface area (Å²) in [5.41, 5.74) is -0.169. The molecule has 0 spiro atoms. The second kappa shape index (κ2) is 6.92. The maximum atomic E-state index is 13.2. The number of benzene rings is 1. The highest BCUT2D eigenvalue weighted by molar-refractivity contribution is 8.00. The third-order valence-corrected chi connectivity index (χ3v) is 5.06. The van der Waals surface area contributed by atoms with Gasteiger partial charge in [0.2, 0.25) is 0 Å². The van der Waals surface area contributed by atoms with Crippen molar-refractivity contribution in [3.8, 4) is 0 Å². The van der Waals surface area contributed by atoms with Crippen LogP contribution in [0.5, 0.6) is 0 Å². The lowest BCUT2D eigenvalue weighted by Crippen LogP contribution is -2.54. The Balaban J connectivity index is 2.02. The highest BCUT2D eigenvalue weighted by Crippen LogP contribution is 2.38. The zero-order valence-corrected chi connectivity index (χ0v) is 13.0. The van der Waals surface area contributed by atoms with Crippen molar-refractivity contribution in [1.29, 1.82) is 0 Å². The first kappa shape index (κ1) is 15.8. The molecule has 20 heavy (non-hydrogen) atoms. The van der Waals surface area contributed by atoms with Gasteiger partial charge in [-0.3, -0.25) is 0 Å². The lowest BCUT2D eigenvalue weighted by Gasteiger charge is -2.41. The maximum absolute atomic E-state index is 13.2. The second-order valence-corrected chi connectivity index (χ2v) is 7.40. The Kier molecular flexibility index (Phi) is 5.47. The van der Waals surface area contributed by atoms with E-state index in [0.717, 1.165) is 30.6 Å². The predicted octanol–water partition coefficient (Wildman–Crippen LogP) is 3.59. The van der Waals surface area contributed by atoms with Crippen LogP contribution in [0.1, 0.15) is 39.5 Å².